The molecule has 1 aliphatic rings. The largest absolute Gasteiger partial charge is 0.405 e. The normalized spacial score (nSPS) is 16.1. The minimum absolute atomic E-state index is 0.0243. The van der Waals surface area contributed by atoms with Gasteiger partial charge in [0.15, 0.2) is 5.78 Å². The predicted octanol–water partition coefficient (Wildman–Crippen LogP) is 8.91. The first-order valence-corrected chi connectivity index (χ1v) is 12.9. The fourth-order valence-electron chi connectivity index (χ4n) is 3.64. The molecule has 0 saturated heterocycles. The number of allylic oxidation sites excluding steroid dienone is 1. The molecule has 0 aromatic heterocycles. The van der Waals surface area contributed by atoms with E-state index >= 15 is 0 Å². The van der Waals surface area contributed by atoms with E-state index in [2.05, 4.69) is 31.9 Å². The highest BCUT2D eigenvalue weighted by Gasteiger charge is 2.51. The molecule has 0 heterocycles. The van der Waals surface area contributed by atoms with Gasteiger partial charge in [0, 0.05) is 16.5 Å². The van der Waals surface area contributed by atoms with Crippen LogP contribution in [0.1, 0.15) is 46.7 Å². The minimum atomic E-state index is -4.64. The summed E-state index contributed by atoms with van der Waals surface area (Å²) in [7, 11) is 0. The van der Waals surface area contributed by atoms with Gasteiger partial charge in [0.25, 0.3) is 0 Å². The van der Waals surface area contributed by atoms with Crippen LogP contribution >= 0.6 is 55.1 Å². The van der Waals surface area contributed by atoms with E-state index in [1.54, 1.807) is 0 Å². The number of benzene rings is 2. The van der Waals surface area contributed by atoms with Gasteiger partial charge >= 0.3 is 12.4 Å². The minimum Gasteiger partial charge on any atom is -0.346 e. The Morgan fingerprint density at radius 3 is 2.11 bits per heavy atom. The van der Waals surface area contributed by atoms with Gasteiger partial charge in [0.2, 0.25) is 5.91 Å². The molecule has 1 aliphatic carbocycles. The van der Waals surface area contributed by atoms with Crippen LogP contribution in [0.2, 0.25) is 10.0 Å². The summed E-state index contributed by atoms with van der Waals surface area (Å²) in [4.78, 5) is 25.0. The average molecular weight is 696 g/mol. The molecule has 13 heteroatoms. The monoisotopic (exact) mass is 693 g/mol. The van der Waals surface area contributed by atoms with Crippen molar-refractivity contribution in [2.45, 2.75) is 37.5 Å². The van der Waals surface area contributed by atoms with Crippen LogP contribution < -0.4 is 5.32 Å². The molecule has 3 rings (SSSR count). The number of alkyl halides is 6. The molecule has 3 nitrogen and oxygen atoms in total. The third-order valence-corrected chi connectivity index (χ3v) is 8.34. The van der Waals surface area contributed by atoms with Gasteiger partial charge in [0.1, 0.15) is 6.54 Å². The number of amides is 1. The molecule has 37 heavy (non-hydrogen) atoms. The Bertz CT molecular complexity index is 1220. The van der Waals surface area contributed by atoms with Crippen molar-refractivity contribution in [1.82, 2.24) is 5.32 Å². The zero-order valence-electron chi connectivity index (χ0n) is 18.5. The zero-order chi connectivity index (χ0) is 27.8. The van der Waals surface area contributed by atoms with Gasteiger partial charge < -0.3 is 5.32 Å². The Balaban J connectivity index is 1.76. The van der Waals surface area contributed by atoms with Crippen molar-refractivity contribution in [3.63, 3.8) is 0 Å². The lowest BCUT2D eigenvalue weighted by atomic mass is 9.93. The molecule has 1 unspecified atom stereocenters. The summed E-state index contributed by atoms with van der Waals surface area (Å²) >= 11 is 18.3. The molecular formula is C24H17Br2Cl2F6NO2. The number of Topliss-reactive ketones (excluding diaryl/α,β-unsaturated/α-hetero) is 1. The second kappa shape index (κ2) is 11.3. The van der Waals surface area contributed by atoms with E-state index in [0.29, 0.717) is 5.56 Å². The van der Waals surface area contributed by atoms with Crippen molar-refractivity contribution in [2.24, 2.45) is 5.41 Å². The number of carbonyl (C=O) groups excluding carboxylic acids is 2. The van der Waals surface area contributed by atoms with Gasteiger partial charge in [0.05, 0.1) is 25.9 Å². The maximum absolute atomic E-state index is 13.8. The Morgan fingerprint density at radius 2 is 1.62 bits per heavy atom. The molecule has 1 amide bonds. The summed E-state index contributed by atoms with van der Waals surface area (Å²) in [6.07, 6.45) is -6.77. The average Bonchev–Trinajstić information content (AvgIpc) is 3.55. The number of halogens is 10. The molecule has 0 spiro atoms. The third-order valence-electron chi connectivity index (χ3n) is 5.78. The standard InChI is InChI=1S/C24H17Br2Cl2F6NO2/c25-16-7-12(2-4-15(24(32,33)34)13-8-17(27)20(26)18(28)9-13)1-3-14(16)19(36)10-22(5-6-22)21(37)35-11-23(29,30)31/h1-4,7-9,15H,5-6,10-11H2,(H,35,37)/b4-2+. The summed E-state index contributed by atoms with van der Waals surface area (Å²) in [6.45, 7) is -1.48. The maximum atomic E-state index is 13.8. The van der Waals surface area contributed by atoms with Gasteiger partial charge in [-0.15, -0.1) is 0 Å². The number of ketones is 1. The Kier molecular flexibility index (Phi) is 9.14. The van der Waals surface area contributed by atoms with Crippen LogP contribution in [0.5, 0.6) is 0 Å². The Morgan fingerprint density at radius 1 is 1.03 bits per heavy atom. The van der Waals surface area contributed by atoms with Gasteiger partial charge in [-0.05, 0) is 64.2 Å². The van der Waals surface area contributed by atoms with Gasteiger partial charge in [-0.3, -0.25) is 9.59 Å². The number of carbonyl (C=O) groups is 2. The molecule has 1 atom stereocenters. The molecule has 0 bridgehead atoms. The van der Waals surface area contributed by atoms with E-state index in [1.807, 2.05) is 5.32 Å². The highest BCUT2D eigenvalue weighted by molar-refractivity contribution is 9.11. The van der Waals surface area contributed by atoms with Gasteiger partial charge in [-0.25, -0.2) is 0 Å². The highest BCUT2D eigenvalue weighted by Crippen LogP contribution is 2.50. The lowest BCUT2D eigenvalue weighted by molar-refractivity contribution is -0.141. The van der Waals surface area contributed by atoms with Crippen molar-refractivity contribution < 1.29 is 35.9 Å². The van der Waals surface area contributed by atoms with E-state index in [-0.39, 0.29) is 49.4 Å². The van der Waals surface area contributed by atoms with E-state index in [9.17, 15) is 35.9 Å². The van der Waals surface area contributed by atoms with E-state index in [4.69, 9.17) is 23.2 Å². The van der Waals surface area contributed by atoms with Gasteiger partial charge in [-0.2, -0.15) is 26.3 Å². The molecule has 1 fully saturated rings. The fraction of sp³-hybridized carbons (Fsp3) is 0.333. The van der Waals surface area contributed by atoms with Crippen LogP contribution in [0.4, 0.5) is 26.3 Å². The first kappa shape index (κ1) is 30.0. The molecule has 0 aliphatic heterocycles. The summed E-state index contributed by atoms with van der Waals surface area (Å²) < 4.78 is 79.1. The van der Waals surface area contributed by atoms with Crippen LogP contribution in [-0.4, -0.2) is 30.6 Å². The molecule has 2 aromatic rings. The lowest BCUT2D eigenvalue weighted by Gasteiger charge is -2.18. The highest BCUT2D eigenvalue weighted by atomic mass is 79.9. The van der Waals surface area contributed by atoms with E-state index in [0.717, 1.165) is 18.2 Å². The van der Waals surface area contributed by atoms with Crippen LogP contribution in [0.15, 0.2) is 45.4 Å². The smallest absolute Gasteiger partial charge is 0.346 e. The molecule has 200 valence electrons. The van der Waals surface area contributed by atoms with Crippen molar-refractivity contribution in [1.29, 1.82) is 0 Å². The number of hydrogen-bond donors (Lipinski definition) is 1. The summed E-state index contributed by atoms with van der Waals surface area (Å²) in [6, 6.07) is 6.56. The van der Waals surface area contributed by atoms with E-state index in [1.165, 1.54) is 24.3 Å². The van der Waals surface area contributed by atoms with Crippen LogP contribution in [0, 0.1) is 5.41 Å². The first-order valence-electron chi connectivity index (χ1n) is 10.6. The van der Waals surface area contributed by atoms with Crippen molar-refractivity contribution in [2.75, 3.05) is 6.54 Å². The summed E-state index contributed by atoms with van der Waals surface area (Å²) in [5.41, 5.74) is -0.846. The van der Waals surface area contributed by atoms with Crippen molar-refractivity contribution >= 4 is 72.8 Å². The fourth-order valence-corrected chi connectivity index (χ4v) is 4.99. The van der Waals surface area contributed by atoms with Crippen molar-refractivity contribution in [3.8, 4) is 0 Å². The summed E-state index contributed by atoms with van der Waals surface area (Å²) in [5.74, 6) is -3.32. The molecule has 1 N–H and O–H groups in total. The second-order valence-corrected chi connectivity index (χ2v) is 11.1. The van der Waals surface area contributed by atoms with Gasteiger partial charge in [-0.1, -0.05) is 57.4 Å². The van der Waals surface area contributed by atoms with Crippen molar-refractivity contribution in [3.05, 3.63) is 72.1 Å². The van der Waals surface area contributed by atoms with E-state index < -0.39 is 41.9 Å². The van der Waals surface area contributed by atoms with Crippen LogP contribution in [0.3, 0.4) is 0 Å². The third kappa shape index (κ3) is 7.74. The quantitative estimate of drug-likeness (QED) is 0.170. The lowest BCUT2D eigenvalue weighted by Crippen LogP contribution is -2.39. The number of rotatable bonds is 8. The van der Waals surface area contributed by atoms with Crippen LogP contribution in [0.25, 0.3) is 6.08 Å². The first-order chi connectivity index (χ1) is 17.0. The Hall–Kier alpha value is -1.56. The van der Waals surface area contributed by atoms with Crippen LogP contribution in [-0.2, 0) is 4.79 Å². The Labute approximate surface area is 234 Å². The second-order valence-electron chi connectivity index (χ2n) is 8.59. The number of nitrogens with one attached hydrogen (secondary N) is 1. The molecule has 0 radical (unpaired) electrons. The zero-order valence-corrected chi connectivity index (χ0v) is 23.2. The molecule has 2 aromatic carbocycles. The molecular weight excluding hydrogens is 679 g/mol. The topological polar surface area (TPSA) is 46.2 Å². The number of hydrogen-bond acceptors (Lipinski definition) is 2. The SMILES string of the molecule is O=C(CC1(C(=O)NCC(F)(F)F)CC1)c1ccc(/C=C/C(c2cc(Cl)c(Br)c(Cl)c2)C(F)(F)F)cc1Br. The predicted molar refractivity (Wildman–Crippen MR) is 136 cm³/mol. The summed E-state index contributed by atoms with van der Waals surface area (Å²) in [5, 5.41) is 1.87. The molecule has 1 saturated carbocycles. The maximum Gasteiger partial charge on any atom is 0.405 e.